The zero-order valence-electron chi connectivity index (χ0n) is 19.1. The number of anilines is 2. The molecule has 1 atom stereocenters. The summed E-state index contributed by atoms with van der Waals surface area (Å²) in [5, 5.41) is 6.56. The molecule has 1 unspecified atom stereocenters. The fourth-order valence-corrected chi connectivity index (χ4v) is 3.33. The summed E-state index contributed by atoms with van der Waals surface area (Å²) in [6.07, 6.45) is 0.837. The van der Waals surface area contributed by atoms with Crippen LogP contribution < -0.4 is 22.0 Å². The van der Waals surface area contributed by atoms with Gasteiger partial charge >= 0.3 is 11.4 Å². The molecule has 33 heavy (non-hydrogen) atoms. The summed E-state index contributed by atoms with van der Waals surface area (Å²) >= 11 is 5.98. The summed E-state index contributed by atoms with van der Waals surface area (Å²) < 4.78 is 2.53. The Labute approximate surface area is 197 Å². The highest BCUT2D eigenvalue weighted by Gasteiger charge is 2.16. The van der Waals surface area contributed by atoms with Crippen molar-refractivity contribution in [3.8, 4) is 0 Å². The average molecular weight is 470 g/mol. The molecular weight excluding hydrogens is 442 g/mol. The Morgan fingerprint density at radius 1 is 1.03 bits per heavy atom. The topological polar surface area (TPSA) is 98.0 Å². The van der Waals surface area contributed by atoms with Crippen molar-refractivity contribution in [1.82, 2.24) is 19.4 Å². The van der Waals surface area contributed by atoms with Gasteiger partial charge in [0.1, 0.15) is 0 Å². The summed E-state index contributed by atoms with van der Waals surface area (Å²) in [6, 6.07) is 13.6. The zero-order chi connectivity index (χ0) is 24.1. The Balaban J connectivity index is 1.95. The molecule has 8 nitrogen and oxygen atoms in total. The molecule has 1 aromatic heterocycles. The Morgan fingerprint density at radius 3 is 2.24 bits per heavy atom. The smallest absolute Gasteiger partial charge is 0.350 e. The van der Waals surface area contributed by atoms with Crippen molar-refractivity contribution < 1.29 is 4.79 Å². The molecule has 2 aromatic carbocycles. The van der Waals surface area contributed by atoms with Crippen molar-refractivity contribution >= 4 is 29.1 Å². The second-order valence-corrected chi connectivity index (χ2v) is 8.60. The summed E-state index contributed by atoms with van der Waals surface area (Å²) in [4.78, 5) is 42.1. The summed E-state index contributed by atoms with van der Waals surface area (Å²) in [6.45, 7) is 7.66. The molecule has 0 fully saturated rings. The van der Waals surface area contributed by atoms with Gasteiger partial charge in [0.05, 0.1) is 6.54 Å². The molecule has 1 heterocycles. The minimum Gasteiger partial charge on any atom is -0.350 e. The Bertz CT molecular complexity index is 1230. The van der Waals surface area contributed by atoms with Crippen LogP contribution >= 0.6 is 11.6 Å². The maximum Gasteiger partial charge on any atom is 0.355 e. The number of amides is 1. The number of rotatable bonds is 8. The molecule has 0 saturated carbocycles. The van der Waals surface area contributed by atoms with Crippen LogP contribution in [0.5, 0.6) is 0 Å². The number of hydrogen-bond donors (Lipinski definition) is 2. The predicted octanol–water partition coefficient (Wildman–Crippen LogP) is 3.96. The second kappa shape index (κ2) is 10.5. The van der Waals surface area contributed by atoms with Gasteiger partial charge < -0.3 is 10.6 Å². The molecule has 0 aliphatic carbocycles. The number of nitrogens with zero attached hydrogens (tertiary/aromatic N) is 3. The normalized spacial score (nSPS) is 11.9. The summed E-state index contributed by atoms with van der Waals surface area (Å²) in [5.41, 5.74) is 0.843. The largest absolute Gasteiger partial charge is 0.355 e. The number of carbonyl (C=O) groups excluding carboxylic acids is 1. The molecule has 1 amide bonds. The molecule has 0 spiro atoms. The predicted molar refractivity (Wildman–Crippen MR) is 131 cm³/mol. The number of hydrogen-bond acceptors (Lipinski definition) is 5. The minimum absolute atomic E-state index is 0.0780. The lowest BCUT2D eigenvalue weighted by molar-refractivity contribution is 0.0939. The van der Waals surface area contributed by atoms with Crippen LogP contribution in [0, 0.1) is 0 Å². The molecule has 9 heteroatoms. The lowest BCUT2D eigenvalue weighted by Gasteiger charge is -2.17. The highest BCUT2D eigenvalue weighted by atomic mass is 35.5. The van der Waals surface area contributed by atoms with Crippen molar-refractivity contribution in [2.75, 3.05) is 5.32 Å². The van der Waals surface area contributed by atoms with Crippen LogP contribution in [0.1, 0.15) is 56.1 Å². The van der Waals surface area contributed by atoms with Gasteiger partial charge in [-0.25, -0.2) is 14.2 Å². The van der Waals surface area contributed by atoms with Gasteiger partial charge in [-0.2, -0.15) is 4.98 Å². The minimum atomic E-state index is -0.630. The van der Waals surface area contributed by atoms with Crippen molar-refractivity contribution in [1.29, 1.82) is 0 Å². The van der Waals surface area contributed by atoms with Crippen molar-refractivity contribution in [3.05, 3.63) is 85.6 Å². The fourth-order valence-electron chi connectivity index (χ4n) is 3.20. The van der Waals surface area contributed by atoms with Crippen LogP contribution in [0.3, 0.4) is 0 Å². The first-order chi connectivity index (χ1) is 15.7. The highest BCUT2D eigenvalue weighted by molar-refractivity contribution is 6.30. The van der Waals surface area contributed by atoms with Crippen LogP contribution in [0.4, 0.5) is 11.6 Å². The maximum atomic E-state index is 13.2. The number of halogens is 1. The van der Waals surface area contributed by atoms with Crippen LogP contribution in [-0.4, -0.2) is 26.1 Å². The van der Waals surface area contributed by atoms with Crippen molar-refractivity contribution in [3.63, 3.8) is 0 Å². The standard InChI is InChI=1S/C24H28ClN5O3/c1-5-16(4)26-21(31)18-8-12-20(13-9-18)27-22-28-23(32)30(15(2)3)24(33)29(22)14-17-6-10-19(25)11-7-17/h6-13,15-16H,5,14H2,1-4H3,(H,26,31)(H,27,28,32). The molecule has 0 radical (unpaired) electrons. The Kier molecular flexibility index (Phi) is 7.71. The quantitative estimate of drug-likeness (QED) is 0.520. The maximum absolute atomic E-state index is 13.2. The number of carbonyl (C=O) groups is 1. The Hall–Kier alpha value is -3.39. The van der Waals surface area contributed by atoms with Crippen molar-refractivity contribution in [2.45, 2.75) is 52.7 Å². The van der Waals surface area contributed by atoms with Gasteiger partial charge in [-0.15, -0.1) is 0 Å². The molecular formula is C24H28ClN5O3. The van der Waals surface area contributed by atoms with Crippen LogP contribution in [-0.2, 0) is 6.54 Å². The second-order valence-electron chi connectivity index (χ2n) is 8.16. The third-order valence-corrected chi connectivity index (χ3v) is 5.52. The lowest BCUT2D eigenvalue weighted by atomic mass is 10.1. The van der Waals surface area contributed by atoms with Gasteiger partial charge in [-0.3, -0.25) is 9.36 Å². The van der Waals surface area contributed by atoms with Gasteiger partial charge in [0.2, 0.25) is 5.95 Å². The van der Waals surface area contributed by atoms with E-state index in [0.29, 0.717) is 16.3 Å². The van der Waals surface area contributed by atoms with Gasteiger partial charge in [0.15, 0.2) is 0 Å². The Morgan fingerprint density at radius 2 is 1.67 bits per heavy atom. The first-order valence-electron chi connectivity index (χ1n) is 10.8. The van der Waals surface area contributed by atoms with Gasteiger partial charge in [0, 0.05) is 28.4 Å². The van der Waals surface area contributed by atoms with E-state index in [-0.39, 0.29) is 30.5 Å². The van der Waals surface area contributed by atoms with E-state index in [1.807, 2.05) is 26.0 Å². The van der Waals surface area contributed by atoms with E-state index in [4.69, 9.17) is 11.6 Å². The zero-order valence-corrected chi connectivity index (χ0v) is 19.9. The van der Waals surface area contributed by atoms with Crippen LogP contribution in [0.2, 0.25) is 5.02 Å². The monoisotopic (exact) mass is 469 g/mol. The van der Waals surface area contributed by atoms with Crippen LogP contribution in [0.15, 0.2) is 58.1 Å². The van der Waals surface area contributed by atoms with E-state index < -0.39 is 11.4 Å². The average Bonchev–Trinajstić information content (AvgIpc) is 2.77. The molecule has 3 aromatic rings. The molecule has 3 rings (SSSR count). The number of aromatic nitrogens is 3. The summed E-state index contributed by atoms with van der Waals surface area (Å²) in [7, 11) is 0. The van der Waals surface area contributed by atoms with E-state index in [0.717, 1.165) is 16.6 Å². The van der Waals surface area contributed by atoms with E-state index in [9.17, 15) is 14.4 Å². The number of benzene rings is 2. The van der Waals surface area contributed by atoms with Crippen LogP contribution in [0.25, 0.3) is 0 Å². The van der Waals surface area contributed by atoms with Crippen molar-refractivity contribution in [2.24, 2.45) is 0 Å². The molecule has 0 bridgehead atoms. The first-order valence-corrected chi connectivity index (χ1v) is 11.2. The van der Waals surface area contributed by atoms with E-state index >= 15 is 0 Å². The highest BCUT2D eigenvalue weighted by Crippen LogP contribution is 2.16. The fraction of sp³-hybridized carbons (Fsp3) is 0.333. The first kappa shape index (κ1) is 24.3. The third-order valence-electron chi connectivity index (χ3n) is 5.26. The van der Waals surface area contributed by atoms with E-state index in [2.05, 4.69) is 15.6 Å². The molecule has 0 saturated heterocycles. The molecule has 0 aliphatic rings. The number of nitrogens with one attached hydrogen (secondary N) is 2. The third kappa shape index (κ3) is 5.90. The van der Waals surface area contributed by atoms with E-state index in [1.54, 1.807) is 50.2 Å². The van der Waals surface area contributed by atoms with E-state index in [1.165, 1.54) is 4.57 Å². The molecule has 174 valence electrons. The molecule has 0 aliphatic heterocycles. The van der Waals surface area contributed by atoms with Gasteiger partial charge in [-0.1, -0.05) is 30.7 Å². The lowest BCUT2D eigenvalue weighted by Crippen LogP contribution is -2.43. The SMILES string of the molecule is CCC(C)NC(=O)c1ccc(Nc2nc(=O)n(C(C)C)c(=O)n2Cc2ccc(Cl)cc2)cc1. The molecule has 2 N–H and O–H groups in total. The van der Waals surface area contributed by atoms with Gasteiger partial charge in [0.25, 0.3) is 5.91 Å². The van der Waals surface area contributed by atoms with Gasteiger partial charge in [-0.05, 0) is 69.2 Å². The summed E-state index contributed by atoms with van der Waals surface area (Å²) in [5.74, 6) is -0.0399.